The zero-order valence-corrected chi connectivity index (χ0v) is 12.5. The van der Waals surface area contributed by atoms with Crippen molar-refractivity contribution in [3.8, 4) is 0 Å². The van der Waals surface area contributed by atoms with E-state index in [4.69, 9.17) is 0 Å². The number of rotatable bonds is 5. The minimum atomic E-state index is -0.145. The molecule has 5 heteroatoms. The molecule has 0 fully saturated rings. The lowest BCUT2D eigenvalue weighted by molar-refractivity contribution is -0.117. The largest absolute Gasteiger partial charge is 0.378 e. The van der Waals surface area contributed by atoms with Gasteiger partial charge in [-0.1, -0.05) is 12.1 Å². The summed E-state index contributed by atoms with van der Waals surface area (Å²) < 4.78 is 0. The molecule has 1 aromatic heterocycles. The van der Waals surface area contributed by atoms with E-state index < -0.39 is 0 Å². The molecule has 0 aliphatic heterocycles. The molecule has 0 aliphatic carbocycles. The molecule has 0 aliphatic rings. The number of hydrogen-bond donors (Lipinski definition) is 2. The number of nitrogens with one attached hydrogen (secondary N) is 2. The van der Waals surface area contributed by atoms with Gasteiger partial charge in [0.2, 0.25) is 5.91 Å². The molecule has 2 N–H and O–H groups in total. The van der Waals surface area contributed by atoms with Crippen molar-refractivity contribution < 1.29 is 4.79 Å². The molecule has 1 aromatic carbocycles. The first-order valence-corrected chi connectivity index (χ1v) is 6.81. The van der Waals surface area contributed by atoms with Gasteiger partial charge in [-0.05, 0) is 30.7 Å². The fraction of sp³-hybridized carbons (Fsp3) is 0.250. The molecule has 0 saturated carbocycles. The second-order valence-corrected chi connectivity index (χ2v) is 5.02. The zero-order chi connectivity index (χ0) is 15.2. The normalized spacial score (nSPS) is 12.3. The molecule has 0 saturated heterocycles. The average Bonchev–Trinajstić information content (AvgIpc) is 3.00. The highest BCUT2D eigenvalue weighted by Gasteiger charge is 2.08. The molecule has 0 radical (unpaired) electrons. The summed E-state index contributed by atoms with van der Waals surface area (Å²) in [5.41, 5.74) is 2.12. The van der Waals surface area contributed by atoms with Crippen molar-refractivity contribution in [1.82, 2.24) is 15.3 Å². The average molecular weight is 284 g/mol. The Bertz CT molecular complexity index is 600. The van der Waals surface area contributed by atoms with Gasteiger partial charge in [-0.2, -0.15) is 0 Å². The number of aromatic nitrogens is 2. The minimum Gasteiger partial charge on any atom is -0.378 e. The molecular formula is C16H20N4O. The molecule has 0 spiro atoms. The van der Waals surface area contributed by atoms with Gasteiger partial charge in [0.1, 0.15) is 5.82 Å². The molecule has 2 aromatic rings. The van der Waals surface area contributed by atoms with Crippen LogP contribution >= 0.6 is 0 Å². The number of benzene rings is 1. The second-order valence-electron chi connectivity index (χ2n) is 5.02. The number of hydrogen-bond acceptors (Lipinski definition) is 3. The number of imidazole rings is 1. The molecular weight excluding hydrogens is 264 g/mol. The lowest BCUT2D eigenvalue weighted by atomic mass is 10.2. The van der Waals surface area contributed by atoms with Crippen LogP contribution in [0.4, 0.5) is 5.69 Å². The SMILES string of the molecule is CC(NC(=O)/C=C/c1ccc(N(C)C)cc1)c1ncc[nH]1. The Labute approximate surface area is 124 Å². The van der Waals surface area contributed by atoms with Crippen molar-refractivity contribution in [2.24, 2.45) is 0 Å². The van der Waals surface area contributed by atoms with Crippen LogP contribution in [0.2, 0.25) is 0 Å². The fourth-order valence-corrected chi connectivity index (χ4v) is 1.90. The maximum Gasteiger partial charge on any atom is 0.244 e. The summed E-state index contributed by atoms with van der Waals surface area (Å²) >= 11 is 0. The first-order chi connectivity index (χ1) is 10.1. The number of H-pyrrole nitrogens is 1. The predicted octanol–water partition coefficient (Wildman–Crippen LogP) is 2.37. The van der Waals surface area contributed by atoms with Crippen LogP contribution in [-0.4, -0.2) is 30.0 Å². The molecule has 1 amide bonds. The van der Waals surface area contributed by atoms with Crippen molar-refractivity contribution >= 4 is 17.7 Å². The topological polar surface area (TPSA) is 61.0 Å². The highest BCUT2D eigenvalue weighted by atomic mass is 16.1. The van der Waals surface area contributed by atoms with Crippen molar-refractivity contribution in [3.63, 3.8) is 0 Å². The van der Waals surface area contributed by atoms with Crippen LogP contribution in [0.25, 0.3) is 6.08 Å². The minimum absolute atomic E-state index is 0.143. The molecule has 0 bridgehead atoms. The van der Waals surface area contributed by atoms with Gasteiger partial charge in [0.05, 0.1) is 6.04 Å². The van der Waals surface area contributed by atoms with E-state index in [1.54, 1.807) is 18.5 Å². The van der Waals surface area contributed by atoms with Gasteiger partial charge >= 0.3 is 0 Å². The lowest BCUT2D eigenvalue weighted by Gasteiger charge is -2.12. The summed E-state index contributed by atoms with van der Waals surface area (Å²) in [7, 11) is 3.99. The summed E-state index contributed by atoms with van der Waals surface area (Å²) in [5, 5.41) is 2.85. The highest BCUT2D eigenvalue weighted by molar-refractivity contribution is 5.91. The Morgan fingerprint density at radius 1 is 1.33 bits per heavy atom. The molecule has 110 valence electrons. The van der Waals surface area contributed by atoms with E-state index in [9.17, 15) is 4.79 Å². The van der Waals surface area contributed by atoms with Crippen LogP contribution in [0.5, 0.6) is 0 Å². The van der Waals surface area contributed by atoms with Crippen molar-refractivity contribution in [1.29, 1.82) is 0 Å². The van der Waals surface area contributed by atoms with Crippen LogP contribution in [0.3, 0.4) is 0 Å². The van der Waals surface area contributed by atoms with E-state index in [1.165, 1.54) is 6.08 Å². The van der Waals surface area contributed by atoms with E-state index in [0.717, 1.165) is 17.1 Å². The van der Waals surface area contributed by atoms with Gasteiger partial charge < -0.3 is 15.2 Å². The third-order valence-electron chi connectivity index (χ3n) is 3.12. The molecule has 2 rings (SSSR count). The summed E-state index contributed by atoms with van der Waals surface area (Å²) in [6.45, 7) is 1.89. The third-order valence-corrected chi connectivity index (χ3v) is 3.12. The summed E-state index contributed by atoms with van der Waals surface area (Å²) in [5.74, 6) is 0.600. The van der Waals surface area contributed by atoms with Gasteiger partial charge in [0.15, 0.2) is 0 Å². The van der Waals surface area contributed by atoms with Crippen LogP contribution in [0.15, 0.2) is 42.7 Å². The van der Waals surface area contributed by atoms with Gasteiger partial charge in [-0.15, -0.1) is 0 Å². The van der Waals surface area contributed by atoms with Crippen LogP contribution < -0.4 is 10.2 Å². The van der Waals surface area contributed by atoms with E-state index in [-0.39, 0.29) is 11.9 Å². The Morgan fingerprint density at radius 2 is 2.05 bits per heavy atom. The second kappa shape index (κ2) is 6.74. The van der Waals surface area contributed by atoms with E-state index >= 15 is 0 Å². The van der Waals surface area contributed by atoms with Crippen molar-refractivity contribution in [3.05, 3.63) is 54.1 Å². The first kappa shape index (κ1) is 14.8. The van der Waals surface area contributed by atoms with Crippen molar-refractivity contribution in [2.45, 2.75) is 13.0 Å². The number of aromatic amines is 1. The Balaban J connectivity index is 1.92. The molecule has 1 heterocycles. The Kier molecular flexibility index (Phi) is 4.77. The summed E-state index contributed by atoms with van der Waals surface area (Å²) in [6, 6.07) is 7.85. The van der Waals surface area contributed by atoms with Crippen LogP contribution in [-0.2, 0) is 4.79 Å². The number of nitrogens with zero attached hydrogens (tertiary/aromatic N) is 2. The van der Waals surface area contributed by atoms with E-state index in [2.05, 4.69) is 15.3 Å². The Morgan fingerprint density at radius 3 is 2.62 bits per heavy atom. The van der Waals surface area contributed by atoms with Gasteiger partial charge in [-0.3, -0.25) is 4.79 Å². The number of carbonyl (C=O) groups excluding carboxylic acids is 1. The molecule has 21 heavy (non-hydrogen) atoms. The highest BCUT2D eigenvalue weighted by Crippen LogP contribution is 2.13. The molecule has 5 nitrogen and oxygen atoms in total. The standard InChI is InChI=1S/C16H20N4O/c1-12(16-17-10-11-18-16)19-15(21)9-6-13-4-7-14(8-5-13)20(2)3/h4-12H,1-3H3,(H,17,18)(H,19,21)/b9-6+. The lowest BCUT2D eigenvalue weighted by Crippen LogP contribution is -2.25. The summed E-state index contributed by atoms with van der Waals surface area (Å²) in [6.07, 6.45) is 6.73. The van der Waals surface area contributed by atoms with E-state index in [1.807, 2.05) is 50.2 Å². The Hall–Kier alpha value is -2.56. The smallest absolute Gasteiger partial charge is 0.244 e. The maximum absolute atomic E-state index is 11.8. The van der Waals surface area contributed by atoms with Gasteiger partial charge in [-0.25, -0.2) is 4.98 Å². The quantitative estimate of drug-likeness (QED) is 0.829. The maximum atomic E-state index is 11.8. The summed E-state index contributed by atoms with van der Waals surface area (Å²) in [4.78, 5) is 21.0. The number of carbonyl (C=O) groups is 1. The third kappa shape index (κ3) is 4.21. The number of anilines is 1. The number of amides is 1. The van der Waals surface area contributed by atoms with Gasteiger partial charge in [0.25, 0.3) is 0 Å². The first-order valence-electron chi connectivity index (χ1n) is 6.81. The molecule has 1 unspecified atom stereocenters. The van der Waals surface area contributed by atoms with E-state index in [0.29, 0.717) is 0 Å². The monoisotopic (exact) mass is 284 g/mol. The fourth-order valence-electron chi connectivity index (χ4n) is 1.90. The molecule has 1 atom stereocenters. The van der Waals surface area contributed by atoms with Crippen molar-refractivity contribution in [2.75, 3.05) is 19.0 Å². The van der Waals surface area contributed by atoms with Crippen LogP contribution in [0.1, 0.15) is 24.4 Å². The zero-order valence-electron chi connectivity index (χ0n) is 12.5. The van der Waals surface area contributed by atoms with Crippen LogP contribution in [0, 0.1) is 0 Å². The predicted molar refractivity (Wildman–Crippen MR) is 84.9 cm³/mol. The van der Waals surface area contributed by atoms with Gasteiger partial charge in [0, 0.05) is 38.3 Å².